The van der Waals surface area contributed by atoms with E-state index in [2.05, 4.69) is 29.0 Å². The second kappa shape index (κ2) is 8.71. The monoisotopic (exact) mass is 290 g/mol. The summed E-state index contributed by atoms with van der Waals surface area (Å²) in [7, 11) is 0. The van der Waals surface area contributed by atoms with Crippen molar-refractivity contribution in [1.82, 2.24) is 0 Å². The number of carboxylic acid groups (broad SMARTS) is 1. The smallest absolute Gasteiger partial charge is 0.450 e. The highest BCUT2D eigenvalue weighted by molar-refractivity contribution is 5.56. The van der Waals surface area contributed by atoms with E-state index in [1.165, 1.54) is 43.2 Å². The zero-order chi connectivity index (χ0) is 14.9. The Morgan fingerprint density at radius 3 is 2.43 bits per heavy atom. The fourth-order valence-electron chi connectivity index (χ4n) is 3.16. The summed E-state index contributed by atoms with van der Waals surface area (Å²) < 4.78 is 4.49. The number of ether oxygens (including phenoxy) is 1. The summed E-state index contributed by atoms with van der Waals surface area (Å²) in [6.07, 6.45) is 9.67. The minimum absolute atomic E-state index is 0.315. The molecule has 1 saturated carbocycles. The number of carbonyl (C=O) groups is 1. The Kier molecular flexibility index (Phi) is 6.58. The lowest BCUT2D eigenvalue weighted by molar-refractivity contribution is 0.0900. The summed E-state index contributed by atoms with van der Waals surface area (Å²) in [6, 6.07) is 9.13. The fourth-order valence-corrected chi connectivity index (χ4v) is 3.16. The molecule has 0 saturated heterocycles. The molecule has 0 atom stereocenters. The van der Waals surface area contributed by atoms with Crippen LogP contribution in [-0.2, 0) is 11.2 Å². The Bertz CT molecular complexity index is 419. The van der Waals surface area contributed by atoms with Crippen molar-refractivity contribution >= 4 is 6.16 Å². The quantitative estimate of drug-likeness (QED) is 0.558. The van der Waals surface area contributed by atoms with Gasteiger partial charge in [-0.1, -0.05) is 43.5 Å². The van der Waals surface area contributed by atoms with Gasteiger partial charge in [0.25, 0.3) is 0 Å². The molecule has 0 amide bonds. The number of aryl methyl sites for hydroxylation is 1. The number of rotatable bonds is 7. The summed E-state index contributed by atoms with van der Waals surface area (Å²) in [5.41, 5.74) is 2.89. The van der Waals surface area contributed by atoms with Crippen molar-refractivity contribution in [2.75, 3.05) is 6.61 Å². The molecule has 0 heterocycles. The van der Waals surface area contributed by atoms with Gasteiger partial charge in [-0.25, -0.2) is 4.79 Å². The van der Waals surface area contributed by atoms with E-state index < -0.39 is 6.16 Å². The Hall–Kier alpha value is -1.51. The second-order valence-corrected chi connectivity index (χ2v) is 6.00. The summed E-state index contributed by atoms with van der Waals surface area (Å²) in [5.74, 6) is 0.779. The lowest BCUT2D eigenvalue weighted by atomic mass is 9.84. The molecular weight excluding hydrogens is 264 g/mol. The average molecular weight is 290 g/mol. The molecule has 116 valence electrons. The van der Waals surface area contributed by atoms with Gasteiger partial charge < -0.3 is 9.84 Å². The molecule has 1 aromatic carbocycles. The van der Waals surface area contributed by atoms with Crippen LogP contribution in [0.5, 0.6) is 0 Å². The number of unbranched alkanes of at least 4 members (excludes halogenated alkanes) is 2. The van der Waals surface area contributed by atoms with Gasteiger partial charge in [0.1, 0.15) is 0 Å². The van der Waals surface area contributed by atoms with Crippen molar-refractivity contribution in [3.63, 3.8) is 0 Å². The lowest BCUT2D eigenvalue weighted by Gasteiger charge is -2.22. The standard InChI is InChI=1S/C18H26O3/c19-18(20)21-14-6-2-3-7-15-10-12-17(13-11-15)16-8-4-1-5-9-16/h10-13,16H,1-9,14H2,(H,19,20). The molecule has 0 unspecified atom stereocenters. The molecule has 1 aliphatic carbocycles. The Labute approximate surface area is 127 Å². The number of hydrogen-bond donors (Lipinski definition) is 1. The van der Waals surface area contributed by atoms with E-state index in [9.17, 15) is 4.79 Å². The SMILES string of the molecule is O=C(O)OCCCCCc1ccc(C2CCCCC2)cc1. The Morgan fingerprint density at radius 2 is 1.76 bits per heavy atom. The Morgan fingerprint density at radius 1 is 1.05 bits per heavy atom. The zero-order valence-electron chi connectivity index (χ0n) is 12.7. The van der Waals surface area contributed by atoms with E-state index in [-0.39, 0.29) is 0 Å². The normalized spacial score (nSPS) is 15.8. The lowest BCUT2D eigenvalue weighted by Crippen LogP contribution is -2.04. The Balaban J connectivity index is 1.66. The third-order valence-electron chi connectivity index (χ3n) is 4.39. The van der Waals surface area contributed by atoms with Gasteiger partial charge in [0.05, 0.1) is 6.61 Å². The number of hydrogen-bond acceptors (Lipinski definition) is 2. The van der Waals surface area contributed by atoms with E-state index in [0.717, 1.165) is 31.6 Å². The third-order valence-corrected chi connectivity index (χ3v) is 4.39. The first kappa shape index (κ1) is 15.9. The largest absolute Gasteiger partial charge is 0.505 e. The van der Waals surface area contributed by atoms with Crippen molar-refractivity contribution < 1.29 is 14.6 Å². The average Bonchev–Trinajstić information content (AvgIpc) is 2.52. The van der Waals surface area contributed by atoms with Gasteiger partial charge in [-0.15, -0.1) is 0 Å². The van der Waals surface area contributed by atoms with Crippen LogP contribution in [0.15, 0.2) is 24.3 Å². The topological polar surface area (TPSA) is 46.5 Å². The summed E-state index contributed by atoms with van der Waals surface area (Å²) >= 11 is 0. The highest BCUT2D eigenvalue weighted by Gasteiger charge is 2.14. The first-order valence-corrected chi connectivity index (χ1v) is 8.20. The van der Waals surface area contributed by atoms with Crippen LogP contribution in [0, 0.1) is 0 Å². The predicted molar refractivity (Wildman–Crippen MR) is 83.8 cm³/mol. The minimum atomic E-state index is -1.17. The van der Waals surface area contributed by atoms with Gasteiger partial charge >= 0.3 is 6.16 Å². The molecule has 0 radical (unpaired) electrons. The van der Waals surface area contributed by atoms with Crippen LogP contribution in [0.1, 0.15) is 68.4 Å². The van der Waals surface area contributed by atoms with Crippen LogP contribution in [0.4, 0.5) is 4.79 Å². The van der Waals surface area contributed by atoms with E-state index in [1.54, 1.807) is 0 Å². The first-order chi connectivity index (χ1) is 10.3. The highest BCUT2D eigenvalue weighted by atomic mass is 16.7. The van der Waals surface area contributed by atoms with Crippen LogP contribution >= 0.6 is 0 Å². The zero-order valence-corrected chi connectivity index (χ0v) is 12.7. The predicted octanol–water partition coefficient (Wildman–Crippen LogP) is 5.14. The van der Waals surface area contributed by atoms with E-state index in [1.807, 2.05) is 0 Å². The molecule has 0 spiro atoms. The molecule has 1 fully saturated rings. The maximum atomic E-state index is 10.2. The maximum Gasteiger partial charge on any atom is 0.505 e. The summed E-state index contributed by atoms with van der Waals surface area (Å²) in [4.78, 5) is 10.2. The molecule has 0 aliphatic heterocycles. The molecule has 1 aromatic rings. The summed E-state index contributed by atoms with van der Waals surface area (Å²) in [5, 5.41) is 8.36. The molecule has 1 aliphatic rings. The number of benzene rings is 1. The van der Waals surface area contributed by atoms with Gasteiger partial charge in [-0.05, 0) is 55.6 Å². The van der Waals surface area contributed by atoms with Crippen LogP contribution < -0.4 is 0 Å². The van der Waals surface area contributed by atoms with Crippen molar-refractivity contribution in [3.8, 4) is 0 Å². The molecule has 0 bridgehead atoms. The van der Waals surface area contributed by atoms with Gasteiger partial charge in [-0.3, -0.25) is 0 Å². The van der Waals surface area contributed by atoms with Crippen LogP contribution in [0.2, 0.25) is 0 Å². The van der Waals surface area contributed by atoms with Gasteiger partial charge in [0, 0.05) is 0 Å². The van der Waals surface area contributed by atoms with Crippen LogP contribution in [0.25, 0.3) is 0 Å². The van der Waals surface area contributed by atoms with Crippen molar-refractivity contribution in [1.29, 1.82) is 0 Å². The van der Waals surface area contributed by atoms with Gasteiger partial charge in [0.2, 0.25) is 0 Å². The molecule has 21 heavy (non-hydrogen) atoms. The summed E-state index contributed by atoms with van der Waals surface area (Å²) in [6.45, 7) is 0.315. The highest BCUT2D eigenvalue weighted by Crippen LogP contribution is 2.32. The van der Waals surface area contributed by atoms with Crippen molar-refractivity contribution in [3.05, 3.63) is 35.4 Å². The first-order valence-electron chi connectivity index (χ1n) is 8.20. The van der Waals surface area contributed by atoms with Gasteiger partial charge in [0.15, 0.2) is 0 Å². The minimum Gasteiger partial charge on any atom is -0.450 e. The van der Waals surface area contributed by atoms with Crippen molar-refractivity contribution in [2.24, 2.45) is 0 Å². The van der Waals surface area contributed by atoms with E-state index in [0.29, 0.717) is 6.61 Å². The maximum absolute atomic E-state index is 10.2. The van der Waals surface area contributed by atoms with E-state index >= 15 is 0 Å². The molecule has 1 N–H and O–H groups in total. The van der Waals surface area contributed by atoms with Crippen LogP contribution in [-0.4, -0.2) is 17.9 Å². The molecular formula is C18H26O3. The molecule has 0 aromatic heterocycles. The third kappa shape index (κ3) is 5.78. The molecule has 2 rings (SSSR count). The van der Waals surface area contributed by atoms with Crippen molar-refractivity contribution in [2.45, 2.75) is 63.7 Å². The molecule has 3 nitrogen and oxygen atoms in total. The fraction of sp³-hybridized carbons (Fsp3) is 0.611. The van der Waals surface area contributed by atoms with E-state index in [4.69, 9.17) is 5.11 Å². The van der Waals surface area contributed by atoms with Crippen LogP contribution in [0.3, 0.4) is 0 Å². The second-order valence-electron chi connectivity index (χ2n) is 6.00. The molecule has 3 heteroatoms. The van der Waals surface area contributed by atoms with Gasteiger partial charge in [-0.2, -0.15) is 0 Å².